The SMILES string of the molecule is COc1ccc(C(=O)N[C@@H]2CCC[C@H](Nc3cc(C(F)(F)F)nc4ccccc34)C2)cc1. The first-order valence-electron chi connectivity index (χ1n) is 10.5. The van der Waals surface area contributed by atoms with Crippen molar-refractivity contribution >= 4 is 22.5 Å². The number of nitrogens with zero attached hydrogens (tertiary/aromatic N) is 1. The van der Waals surface area contributed by atoms with Gasteiger partial charge in [0.05, 0.1) is 12.6 Å². The van der Waals surface area contributed by atoms with Crippen molar-refractivity contribution in [2.24, 2.45) is 0 Å². The van der Waals surface area contributed by atoms with E-state index in [2.05, 4.69) is 15.6 Å². The number of fused-ring (bicyclic) bond motifs is 1. The second kappa shape index (κ2) is 9.06. The Bertz CT molecular complexity index is 1100. The van der Waals surface area contributed by atoms with E-state index in [0.29, 0.717) is 34.3 Å². The summed E-state index contributed by atoms with van der Waals surface area (Å²) in [6, 6.07) is 14.6. The van der Waals surface area contributed by atoms with Gasteiger partial charge in [-0.1, -0.05) is 18.2 Å². The van der Waals surface area contributed by atoms with Gasteiger partial charge in [0.1, 0.15) is 11.4 Å². The third kappa shape index (κ3) is 4.95. The molecule has 3 aromatic rings. The molecule has 0 bridgehead atoms. The molecular weight excluding hydrogens is 419 g/mol. The van der Waals surface area contributed by atoms with Gasteiger partial charge in [0.25, 0.3) is 5.91 Å². The van der Waals surface area contributed by atoms with Gasteiger partial charge in [-0.25, -0.2) is 4.98 Å². The van der Waals surface area contributed by atoms with E-state index in [1.165, 1.54) is 0 Å². The van der Waals surface area contributed by atoms with Gasteiger partial charge < -0.3 is 15.4 Å². The molecule has 168 valence electrons. The topological polar surface area (TPSA) is 63.2 Å². The van der Waals surface area contributed by atoms with Gasteiger partial charge in [-0.15, -0.1) is 0 Å². The molecule has 0 aliphatic heterocycles. The molecule has 0 radical (unpaired) electrons. The number of alkyl halides is 3. The minimum atomic E-state index is -4.53. The number of carbonyl (C=O) groups is 1. The molecule has 1 aliphatic rings. The Labute approximate surface area is 184 Å². The summed E-state index contributed by atoms with van der Waals surface area (Å²) in [4.78, 5) is 16.4. The zero-order valence-corrected chi connectivity index (χ0v) is 17.6. The van der Waals surface area contributed by atoms with Crippen LogP contribution in [0.2, 0.25) is 0 Å². The smallest absolute Gasteiger partial charge is 0.433 e. The van der Waals surface area contributed by atoms with Crippen molar-refractivity contribution in [3.63, 3.8) is 0 Å². The minimum absolute atomic E-state index is 0.0585. The number of para-hydroxylation sites is 1. The average molecular weight is 443 g/mol. The van der Waals surface area contributed by atoms with Crippen molar-refractivity contribution in [2.75, 3.05) is 12.4 Å². The molecule has 0 spiro atoms. The van der Waals surface area contributed by atoms with Crippen molar-refractivity contribution in [2.45, 2.75) is 43.9 Å². The van der Waals surface area contributed by atoms with Gasteiger partial charge in [-0.3, -0.25) is 4.79 Å². The number of anilines is 1. The van der Waals surface area contributed by atoms with Crippen LogP contribution in [0, 0.1) is 0 Å². The molecule has 0 unspecified atom stereocenters. The average Bonchev–Trinajstić information content (AvgIpc) is 2.78. The van der Waals surface area contributed by atoms with Crippen LogP contribution in [-0.4, -0.2) is 30.1 Å². The molecule has 5 nitrogen and oxygen atoms in total. The van der Waals surface area contributed by atoms with E-state index in [-0.39, 0.29) is 18.0 Å². The fourth-order valence-electron chi connectivity index (χ4n) is 4.12. The van der Waals surface area contributed by atoms with Crippen LogP contribution in [0.1, 0.15) is 41.7 Å². The Morgan fingerprint density at radius 1 is 1.06 bits per heavy atom. The highest BCUT2D eigenvalue weighted by atomic mass is 19.4. The predicted molar refractivity (Wildman–Crippen MR) is 117 cm³/mol. The number of pyridine rings is 1. The summed E-state index contributed by atoms with van der Waals surface area (Å²) in [6.07, 6.45) is -1.40. The minimum Gasteiger partial charge on any atom is -0.497 e. The van der Waals surface area contributed by atoms with Crippen molar-refractivity contribution in [1.29, 1.82) is 0 Å². The van der Waals surface area contributed by atoms with Gasteiger partial charge >= 0.3 is 6.18 Å². The maximum absolute atomic E-state index is 13.3. The van der Waals surface area contributed by atoms with E-state index in [1.54, 1.807) is 55.6 Å². The van der Waals surface area contributed by atoms with Crippen molar-refractivity contribution in [1.82, 2.24) is 10.3 Å². The molecule has 1 aliphatic carbocycles. The van der Waals surface area contributed by atoms with Crippen LogP contribution in [0.25, 0.3) is 10.9 Å². The standard InChI is InChI=1S/C24H24F3N3O2/c1-32-18-11-9-15(10-12-18)23(31)29-17-6-4-5-16(13-17)28-21-14-22(24(25,26)27)30-20-8-3-2-7-19(20)21/h2-3,7-12,14,16-17H,4-6,13H2,1H3,(H,28,30)(H,29,31)/t16-,17+/m0/s1. The summed E-state index contributed by atoms with van der Waals surface area (Å²) in [5.41, 5.74) is 0.328. The number of hydrogen-bond acceptors (Lipinski definition) is 4. The van der Waals surface area contributed by atoms with Gasteiger partial charge in [0.15, 0.2) is 0 Å². The van der Waals surface area contributed by atoms with Gasteiger partial charge in [0.2, 0.25) is 0 Å². The van der Waals surface area contributed by atoms with Crippen LogP contribution >= 0.6 is 0 Å². The Morgan fingerprint density at radius 2 is 1.78 bits per heavy atom. The summed E-state index contributed by atoms with van der Waals surface area (Å²) < 4.78 is 45.1. The van der Waals surface area contributed by atoms with E-state index in [4.69, 9.17) is 4.74 Å². The molecule has 1 amide bonds. The number of carbonyl (C=O) groups excluding carboxylic acids is 1. The predicted octanol–water partition coefficient (Wildman–Crippen LogP) is 5.42. The maximum atomic E-state index is 13.3. The Balaban J connectivity index is 1.48. The molecule has 1 saturated carbocycles. The lowest BCUT2D eigenvalue weighted by molar-refractivity contribution is -0.140. The molecular formula is C24H24F3N3O2. The number of benzene rings is 2. The Kier molecular flexibility index (Phi) is 6.21. The van der Waals surface area contributed by atoms with Gasteiger partial charge in [-0.2, -0.15) is 13.2 Å². The summed E-state index contributed by atoms with van der Waals surface area (Å²) in [7, 11) is 1.56. The lowest BCUT2D eigenvalue weighted by atomic mass is 9.90. The summed E-state index contributed by atoms with van der Waals surface area (Å²) in [6.45, 7) is 0. The first-order chi connectivity index (χ1) is 15.3. The van der Waals surface area contributed by atoms with Gasteiger partial charge in [-0.05, 0) is 62.1 Å². The number of amides is 1. The largest absolute Gasteiger partial charge is 0.497 e. The molecule has 2 N–H and O–H groups in total. The summed E-state index contributed by atoms with van der Waals surface area (Å²) in [5, 5.41) is 6.98. The molecule has 1 aromatic heterocycles. The molecule has 1 heterocycles. The first kappa shape index (κ1) is 21.9. The van der Waals surface area contributed by atoms with Crippen molar-refractivity contribution in [3.05, 3.63) is 65.9 Å². The van der Waals surface area contributed by atoms with Crippen LogP contribution in [0.5, 0.6) is 5.75 Å². The Hall–Kier alpha value is -3.29. The fraction of sp³-hybridized carbons (Fsp3) is 0.333. The highest BCUT2D eigenvalue weighted by molar-refractivity contribution is 5.94. The number of rotatable bonds is 5. The van der Waals surface area contributed by atoms with E-state index >= 15 is 0 Å². The first-order valence-corrected chi connectivity index (χ1v) is 10.5. The van der Waals surface area contributed by atoms with E-state index in [9.17, 15) is 18.0 Å². The van der Waals surface area contributed by atoms with Crippen LogP contribution in [-0.2, 0) is 6.18 Å². The van der Waals surface area contributed by atoms with Crippen LogP contribution in [0.4, 0.5) is 18.9 Å². The summed E-state index contributed by atoms with van der Waals surface area (Å²) >= 11 is 0. The number of hydrogen-bond donors (Lipinski definition) is 2. The number of halogens is 3. The molecule has 2 atom stereocenters. The van der Waals surface area contributed by atoms with E-state index in [0.717, 1.165) is 25.3 Å². The normalized spacial score (nSPS) is 18.9. The van der Waals surface area contributed by atoms with Crippen LogP contribution in [0.3, 0.4) is 0 Å². The number of aromatic nitrogens is 1. The second-order valence-electron chi connectivity index (χ2n) is 7.98. The van der Waals surface area contributed by atoms with Gasteiger partial charge in [0, 0.05) is 28.7 Å². The quantitative estimate of drug-likeness (QED) is 0.553. The molecule has 0 saturated heterocycles. The lowest BCUT2D eigenvalue weighted by Gasteiger charge is -2.31. The molecule has 1 fully saturated rings. The monoisotopic (exact) mass is 443 g/mol. The number of nitrogens with one attached hydrogen (secondary N) is 2. The third-order valence-corrected chi connectivity index (χ3v) is 5.73. The molecule has 8 heteroatoms. The maximum Gasteiger partial charge on any atom is 0.433 e. The summed E-state index contributed by atoms with van der Waals surface area (Å²) in [5.74, 6) is 0.498. The van der Waals surface area contributed by atoms with E-state index in [1.807, 2.05) is 0 Å². The van der Waals surface area contributed by atoms with Crippen LogP contribution in [0.15, 0.2) is 54.6 Å². The molecule has 2 aromatic carbocycles. The van der Waals surface area contributed by atoms with Crippen molar-refractivity contribution < 1.29 is 22.7 Å². The zero-order chi connectivity index (χ0) is 22.7. The highest BCUT2D eigenvalue weighted by Crippen LogP contribution is 2.34. The molecule has 4 rings (SSSR count). The molecule has 32 heavy (non-hydrogen) atoms. The highest BCUT2D eigenvalue weighted by Gasteiger charge is 2.34. The third-order valence-electron chi connectivity index (χ3n) is 5.73. The van der Waals surface area contributed by atoms with E-state index < -0.39 is 11.9 Å². The lowest BCUT2D eigenvalue weighted by Crippen LogP contribution is -2.41. The second-order valence-corrected chi connectivity index (χ2v) is 7.98. The zero-order valence-electron chi connectivity index (χ0n) is 17.6. The fourth-order valence-corrected chi connectivity index (χ4v) is 4.12. The van der Waals surface area contributed by atoms with Crippen LogP contribution < -0.4 is 15.4 Å². The number of methoxy groups -OCH3 is 1. The Morgan fingerprint density at radius 3 is 2.50 bits per heavy atom. The van der Waals surface area contributed by atoms with Crippen molar-refractivity contribution in [3.8, 4) is 5.75 Å². The number of ether oxygens (including phenoxy) is 1.